The van der Waals surface area contributed by atoms with E-state index in [4.69, 9.17) is 9.63 Å². The number of aliphatic hydroxyl groups excluding tert-OH is 1. The third-order valence-corrected chi connectivity index (χ3v) is 2.08. The lowest BCUT2D eigenvalue weighted by atomic mass is 10.2. The number of nitrogens with zero attached hydrogens (tertiary/aromatic N) is 1. The summed E-state index contributed by atoms with van der Waals surface area (Å²) in [6, 6.07) is 0. The van der Waals surface area contributed by atoms with E-state index in [-0.39, 0.29) is 6.61 Å². The normalized spacial score (nSPS) is 10.5. The first-order valence-electron chi connectivity index (χ1n) is 3.53. The number of halogens is 1. The molecule has 1 aromatic rings. The third-order valence-electron chi connectivity index (χ3n) is 1.46. The maximum absolute atomic E-state index is 8.88. The highest BCUT2D eigenvalue weighted by atomic mass is 79.9. The Morgan fingerprint density at radius 1 is 1.64 bits per heavy atom. The molecule has 11 heavy (non-hydrogen) atoms. The molecular weight excluding hydrogens is 210 g/mol. The summed E-state index contributed by atoms with van der Waals surface area (Å²) in [5.41, 5.74) is 0.770. The van der Waals surface area contributed by atoms with E-state index in [1.54, 1.807) is 0 Å². The third kappa shape index (κ3) is 1.81. The van der Waals surface area contributed by atoms with Crippen LogP contribution < -0.4 is 0 Å². The summed E-state index contributed by atoms with van der Waals surface area (Å²) < 4.78 is 5.58. The van der Waals surface area contributed by atoms with Gasteiger partial charge in [-0.3, -0.25) is 0 Å². The number of aryl methyl sites for hydroxylation is 1. The molecule has 0 bridgehead atoms. The summed E-state index contributed by atoms with van der Waals surface area (Å²) in [4.78, 5) is 0. The van der Waals surface area contributed by atoms with Gasteiger partial charge >= 0.3 is 0 Å². The second-order valence-electron chi connectivity index (χ2n) is 2.28. The van der Waals surface area contributed by atoms with Crippen LogP contribution in [-0.2, 0) is 13.0 Å². The molecule has 0 aliphatic carbocycles. The number of hydrogen-bond donors (Lipinski definition) is 1. The van der Waals surface area contributed by atoms with Crippen molar-refractivity contribution in [1.29, 1.82) is 0 Å². The molecule has 1 N–H and O–H groups in total. The average Bonchev–Trinajstić information content (AvgIpc) is 2.33. The summed E-state index contributed by atoms with van der Waals surface area (Å²) in [6.07, 6.45) is 1.82. The van der Waals surface area contributed by atoms with E-state index in [1.165, 1.54) is 0 Å². The highest BCUT2D eigenvalue weighted by Gasteiger charge is 2.11. The van der Waals surface area contributed by atoms with Crippen LogP contribution in [0.4, 0.5) is 0 Å². The SMILES string of the molecule is CCCc1onc(Br)c1CO. The molecule has 0 fully saturated rings. The smallest absolute Gasteiger partial charge is 0.154 e. The van der Waals surface area contributed by atoms with Crippen molar-refractivity contribution >= 4 is 15.9 Å². The first kappa shape index (κ1) is 8.74. The van der Waals surface area contributed by atoms with Gasteiger partial charge in [0.15, 0.2) is 4.60 Å². The van der Waals surface area contributed by atoms with Gasteiger partial charge in [-0.05, 0) is 22.4 Å². The Hall–Kier alpha value is -0.350. The van der Waals surface area contributed by atoms with Gasteiger partial charge in [0.2, 0.25) is 0 Å². The zero-order valence-corrected chi connectivity index (χ0v) is 7.89. The van der Waals surface area contributed by atoms with Crippen LogP contribution in [0.1, 0.15) is 24.7 Å². The van der Waals surface area contributed by atoms with Gasteiger partial charge in [-0.1, -0.05) is 12.1 Å². The number of rotatable bonds is 3. The monoisotopic (exact) mass is 219 g/mol. The van der Waals surface area contributed by atoms with E-state index in [2.05, 4.69) is 28.0 Å². The molecule has 0 saturated heterocycles. The summed E-state index contributed by atoms with van der Waals surface area (Å²) in [6.45, 7) is 2.04. The highest BCUT2D eigenvalue weighted by Crippen LogP contribution is 2.20. The fourth-order valence-corrected chi connectivity index (χ4v) is 1.32. The van der Waals surface area contributed by atoms with Crippen molar-refractivity contribution in [3.05, 3.63) is 15.9 Å². The second-order valence-corrected chi connectivity index (χ2v) is 3.03. The van der Waals surface area contributed by atoms with Crippen molar-refractivity contribution in [1.82, 2.24) is 5.16 Å². The van der Waals surface area contributed by atoms with Crippen LogP contribution in [0.2, 0.25) is 0 Å². The lowest BCUT2D eigenvalue weighted by Crippen LogP contribution is -1.88. The van der Waals surface area contributed by atoms with Gasteiger partial charge < -0.3 is 9.63 Å². The minimum Gasteiger partial charge on any atom is -0.391 e. The first-order valence-corrected chi connectivity index (χ1v) is 4.32. The van der Waals surface area contributed by atoms with Crippen LogP contribution in [0.25, 0.3) is 0 Å². The Morgan fingerprint density at radius 2 is 2.36 bits per heavy atom. The van der Waals surface area contributed by atoms with E-state index in [9.17, 15) is 0 Å². The molecule has 0 spiro atoms. The van der Waals surface area contributed by atoms with Crippen LogP contribution in [0.5, 0.6) is 0 Å². The van der Waals surface area contributed by atoms with Gasteiger partial charge in [0.1, 0.15) is 5.76 Å². The highest BCUT2D eigenvalue weighted by molar-refractivity contribution is 9.10. The van der Waals surface area contributed by atoms with E-state index >= 15 is 0 Å². The lowest BCUT2D eigenvalue weighted by molar-refractivity contribution is 0.276. The summed E-state index contributed by atoms with van der Waals surface area (Å²) in [5.74, 6) is 0.780. The second kappa shape index (κ2) is 3.88. The van der Waals surface area contributed by atoms with Gasteiger partial charge in [-0.15, -0.1) is 0 Å². The van der Waals surface area contributed by atoms with E-state index in [0.717, 1.165) is 24.2 Å². The average molecular weight is 220 g/mol. The molecule has 0 aliphatic heterocycles. The van der Waals surface area contributed by atoms with E-state index < -0.39 is 0 Å². The molecule has 1 rings (SSSR count). The van der Waals surface area contributed by atoms with Crippen molar-refractivity contribution in [2.45, 2.75) is 26.4 Å². The fraction of sp³-hybridized carbons (Fsp3) is 0.571. The predicted octanol–water partition coefficient (Wildman–Crippen LogP) is 1.88. The molecule has 3 nitrogen and oxygen atoms in total. The lowest BCUT2D eigenvalue weighted by Gasteiger charge is -1.93. The molecule has 0 aliphatic rings. The van der Waals surface area contributed by atoms with E-state index in [0.29, 0.717) is 4.60 Å². The van der Waals surface area contributed by atoms with Crippen molar-refractivity contribution in [2.24, 2.45) is 0 Å². The molecule has 4 heteroatoms. The molecule has 0 atom stereocenters. The minimum absolute atomic E-state index is 0.0145. The first-order chi connectivity index (χ1) is 5.29. The van der Waals surface area contributed by atoms with Gasteiger partial charge in [0, 0.05) is 6.42 Å². The van der Waals surface area contributed by atoms with Crippen LogP contribution >= 0.6 is 15.9 Å². The molecule has 0 radical (unpaired) electrons. The zero-order valence-electron chi connectivity index (χ0n) is 6.30. The zero-order chi connectivity index (χ0) is 8.27. The molecule has 0 saturated carbocycles. The Kier molecular flexibility index (Phi) is 3.08. The molecule has 0 unspecified atom stereocenters. The summed E-state index contributed by atoms with van der Waals surface area (Å²) in [5, 5.41) is 12.6. The maximum atomic E-state index is 8.88. The number of aromatic nitrogens is 1. The van der Waals surface area contributed by atoms with Crippen LogP contribution in [-0.4, -0.2) is 10.3 Å². The fourth-order valence-electron chi connectivity index (χ4n) is 0.897. The van der Waals surface area contributed by atoms with Crippen molar-refractivity contribution < 1.29 is 9.63 Å². The Balaban J connectivity index is 2.86. The Bertz CT molecular complexity index is 234. The van der Waals surface area contributed by atoms with Gasteiger partial charge in [-0.25, -0.2) is 0 Å². The molecule has 1 heterocycles. The van der Waals surface area contributed by atoms with Gasteiger partial charge in [-0.2, -0.15) is 0 Å². The van der Waals surface area contributed by atoms with Crippen molar-refractivity contribution in [2.75, 3.05) is 0 Å². The quantitative estimate of drug-likeness (QED) is 0.845. The largest absolute Gasteiger partial charge is 0.391 e. The summed E-state index contributed by atoms with van der Waals surface area (Å²) >= 11 is 3.18. The minimum atomic E-state index is -0.0145. The molecular formula is C7H10BrNO2. The standard InChI is InChI=1S/C7H10BrNO2/c1-2-3-6-5(4-10)7(8)9-11-6/h10H,2-4H2,1H3. The molecule has 0 amide bonds. The van der Waals surface area contributed by atoms with Crippen LogP contribution in [0.3, 0.4) is 0 Å². The Morgan fingerprint density at radius 3 is 2.91 bits per heavy atom. The Labute approximate surface area is 73.5 Å². The predicted molar refractivity (Wildman–Crippen MR) is 44.1 cm³/mol. The van der Waals surface area contributed by atoms with Crippen LogP contribution in [0.15, 0.2) is 9.13 Å². The topological polar surface area (TPSA) is 46.3 Å². The number of hydrogen-bond acceptors (Lipinski definition) is 3. The number of aliphatic hydroxyl groups is 1. The molecule has 62 valence electrons. The van der Waals surface area contributed by atoms with Crippen LogP contribution in [0, 0.1) is 0 Å². The molecule has 0 aromatic carbocycles. The molecule has 1 aromatic heterocycles. The van der Waals surface area contributed by atoms with Crippen molar-refractivity contribution in [3.8, 4) is 0 Å². The van der Waals surface area contributed by atoms with Gasteiger partial charge in [0.05, 0.1) is 12.2 Å². The van der Waals surface area contributed by atoms with Gasteiger partial charge in [0.25, 0.3) is 0 Å². The van der Waals surface area contributed by atoms with Crippen molar-refractivity contribution in [3.63, 3.8) is 0 Å². The summed E-state index contributed by atoms with van der Waals surface area (Å²) in [7, 11) is 0. The van der Waals surface area contributed by atoms with E-state index in [1.807, 2.05) is 0 Å². The maximum Gasteiger partial charge on any atom is 0.154 e.